The largest absolute Gasteiger partial charge is 0.467 e. The molecule has 0 heterocycles. The van der Waals surface area contributed by atoms with Crippen LogP contribution in [-0.2, 0) is 25.5 Å². The molecule has 13 heteroatoms. The van der Waals surface area contributed by atoms with Gasteiger partial charge in [-0.25, -0.2) is 4.79 Å². The van der Waals surface area contributed by atoms with E-state index in [1.54, 1.807) is 30.3 Å². The summed E-state index contributed by atoms with van der Waals surface area (Å²) in [6.45, 7) is 0.756. The van der Waals surface area contributed by atoms with Crippen LogP contribution in [0.25, 0.3) is 0 Å². The number of esters is 1. The van der Waals surface area contributed by atoms with E-state index in [1.165, 1.54) is 0 Å². The van der Waals surface area contributed by atoms with Crippen LogP contribution in [0.15, 0.2) is 30.3 Å². The van der Waals surface area contributed by atoms with Crippen LogP contribution in [0, 0.1) is 0 Å². The lowest BCUT2D eigenvalue weighted by atomic mass is 10.1. The van der Waals surface area contributed by atoms with E-state index < -0.39 is 47.9 Å². The fourth-order valence-corrected chi connectivity index (χ4v) is 2.16. The molecule has 0 saturated heterocycles. The van der Waals surface area contributed by atoms with Crippen LogP contribution in [-0.4, -0.2) is 55.0 Å². The summed E-state index contributed by atoms with van der Waals surface area (Å²) in [6, 6.07) is 4.77. The summed E-state index contributed by atoms with van der Waals surface area (Å²) in [5.41, 5.74) is 0.557. The molecule has 0 aliphatic heterocycles. The summed E-state index contributed by atoms with van der Waals surface area (Å²) in [6.07, 6.45) is -6.81. The van der Waals surface area contributed by atoms with E-state index in [1.807, 2.05) is 0 Å². The Hall–Kier alpha value is -2.86. The zero-order chi connectivity index (χ0) is 23.3. The highest BCUT2D eigenvalue weighted by atomic mass is 19.4. The molecular formula is C17H17F7N2O4. The molecule has 0 aliphatic carbocycles. The molecule has 2 unspecified atom stereocenters. The van der Waals surface area contributed by atoms with Crippen LogP contribution in [0.4, 0.5) is 30.7 Å². The maximum atomic E-state index is 13.4. The van der Waals surface area contributed by atoms with Gasteiger partial charge in [-0.3, -0.25) is 9.59 Å². The number of amides is 2. The van der Waals surface area contributed by atoms with Crippen molar-refractivity contribution in [1.82, 2.24) is 10.6 Å². The predicted molar refractivity (Wildman–Crippen MR) is 87.6 cm³/mol. The minimum absolute atomic E-state index is 0.109. The average molecular weight is 446 g/mol. The van der Waals surface area contributed by atoms with Crippen LogP contribution < -0.4 is 10.6 Å². The highest BCUT2D eigenvalue weighted by molar-refractivity contribution is 5.92. The first-order valence-electron chi connectivity index (χ1n) is 8.20. The van der Waals surface area contributed by atoms with Crippen molar-refractivity contribution in [3.8, 4) is 0 Å². The first kappa shape index (κ1) is 25.2. The van der Waals surface area contributed by atoms with Crippen molar-refractivity contribution in [2.75, 3.05) is 7.11 Å². The minimum atomic E-state index is -6.70. The van der Waals surface area contributed by atoms with Gasteiger partial charge in [0.25, 0.3) is 5.91 Å². The normalized spacial score (nSPS) is 14.4. The molecule has 1 aromatic carbocycles. The van der Waals surface area contributed by atoms with Crippen LogP contribution in [0.2, 0.25) is 0 Å². The van der Waals surface area contributed by atoms with Crippen molar-refractivity contribution in [2.24, 2.45) is 0 Å². The van der Waals surface area contributed by atoms with E-state index in [9.17, 15) is 45.1 Å². The molecule has 0 saturated carbocycles. The van der Waals surface area contributed by atoms with E-state index in [4.69, 9.17) is 0 Å². The Kier molecular flexibility index (Phi) is 7.81. The average Bonchev–Trinajstić information content (AvgIpc) is 2.66. The number of nitrogens with one attached hydrogen (secondary N) is 2. The number of benzene rings is 1. The lowest BCUT2D eigenvalue weighted by molar-refractivity contribution is -0.344. The smallest absolute Gasteiger partial charge is 0.460 e. The van der Waals surface area contributed by atoms with Crippen molar-refractivity contribution in [3.63, 3.8) is 0 Å². The summed E-state index contributed by atoms with van der Waals surface area (Å²) < 4.78 is 93.5. The molecule has 0 aromatic heterocycles. The lowest BCUT2D eigenvalue weighted by Crippen LogP contribution is -2.62. The first-order valence-corrected chi connectivity index (χ1v) is 8.20. The fourth-order valence-electron chi connectivity index (χ4n) is 2.16. The third kappa shape index (κ3) is 5.60. The van der Waals surface area contributed by atoms with Gasteiger partial charge in [-0.2, -0.15) is 30.7 Å². The minimum Gasteiger partial charge on any atom is -0.467 e. The third-order valence-corrected chi connectivity index (χ3v) is 3.86. The number of rotatable bonds is 8. The number of carbonyl (C=O) groups excluding carboxylic acids is 3. The molecule has 0 fully saturated rings. The van der Waals surface area contributed by atoms with Gasteiger partial charge in [0, 0.05) is 6.42 Å². The molecule has 1 aromatic rings. The zero-order valence-corrected chi connectivity index (χ0v) is 15.5. The fraction of sp³-hybridized carbons (Fsp3) is 0.471. The van der Waals surface area contributed by atoms with Gasteiger partial charge in [-0.15, -0.1) is 0 Å². The van der Waals surface area contributed by atoms with Crippen molar-refractivity contribution in [2.45, 2.75) is 43.4 Å². The highest BCUT2D eigenvalue weighted by Crippen LogP contribution is 2.46. The Morgan fingerprint density at radius 2 is 1.50 bits per heavy atom. The summed E-state index contributed by atoms with van der Waals surface area (Å²) in [4.78, 5) is 35.2. The van der Waals surface area contributed by atoms with Gasteiger partial charge in [0.05, 0.1) is 7.11 Å². The number of alkyl halides is 7. The molecule has 0 bridgehead atoms. The van der Waals surface area contributed by atoms with Crippen LogP contribution >= 0.6 is 0 Å². The van der Waals surface area contributed by atoms with E-state index in [0.717, 1.165) is 19.4 Å². The summed E-state index contributed by atoms with van der Waals surface area (Å²) in [5.74, 6) is -18.1. The molecule has 6 nitrogen and oxygen atoms in total. The first-order chi connectivity index (χ1) is 13.6. The van der Waals surface area contributed by atoms with Crippen molar-refractivity contribution < 1.29 is 49.9 Å². The molecule has 0 radical (unpaired) electrons. The number of ether oxygens (including phenoxy) is 1. The van der Waals surface area contributed by atoms with Crippen LogP contribution in [0.3, 0.4) is 0 Å². The van der Waals surface area contributed by atoms with Crippen LogP contribution in [0.1, 0.15) is 12.5 Å². The second-order valence-electron chi connectivity index (χ2n) is 6.12. The number of methoxy groups -OCH3 is 1. The van der Waals surface area contributed by atoms with Crippen molar-refractivity contribution in [1.29, 1.82) is 0 Å². The monoisotopic (exact) mass is 446 g/mol. The molecule has 1 rings (SSSR count). The van der Waals surface area contributed by atoms with E-state index >= 15 is 0 Å². The van der Waals surface area contributed by atoms with Crippen molar-refractivity contribution in [3.05, 3.63) is 35.9 Å². The van der Waals surface area contributed by atoms with Gasteiger partial charge >= 0.3 is 24.0 Å². The Bertz CT molecular complexity index is 769. The van der Waals surface area contributed by atoms with Gasteiger partial charge in [0.2, 0.25) is 5.91 Å². The number of hydrogen-bond acceptors (Lipinski definition) is 4. The SMILES string of the molecule is COC(=O)C(Cc1ccccc1)NC(=O)C(C)NC(=O)C(F)(F)C(F)(F)C(F)(F)F. The van der Waals surface area contributed by atoms with Gasteiger partial charge in [-0.05, 0) is 12.5 Å². The summed E-state index contributed by atoms with van der Waals surface area (Å²) in [5, 5.41) is 3.15. The maximum Gasteiger partial charge on any atom is 0.460 e. The number of carbonyl (C=O) groups is 3. The Labute approximate surface area is 165 Å². The molecule has 2 atom stereocenters. The Balaban J connectivity index is 2.89. The maximum absolute atomic E-state index is 13.4. The van der Waals surface area contributed by atoms with E-state index in [2.05, 4.69) is 10.1 Å². The second-order valence-corrected chi connectivity index (χ2v) is 6.12. The van der Waals surface area contributed by atoms with E-state index in [-0.39, 0.29) is 6.42 Å². The summed E-state index contributed by atoms with van der Waals surface area (Å²) >= 11 is 0. The van der Waals surface area contributed by atoms with E-state index in [0.29, 0.717) is 5.56 Å². The zero-order valence-electron chi connectivity index (χ0n) is 15.5. The van der Waals surface area contributed by atoms with Gasteiger partial charge in [-0.1, -0.05) is 30.3 Å². The second kappa shape index (κ2) is 9.30. The molecule has 2 amide bonds. The molecule has 168 valence electrons. The molecule has 30 heavy (non-hydrogen) atoms. The summed E-state index contributed by atoms with van der Waals surface area (Å²) in [7, 11) is 0.997. The predicted octanol–water partition coefficient (Wildman–Crippen LogP) is 2.22. The third-order valence-electron chi connectivity index (χ3n) is 3.86. The number of hydrogen-bond donors (Lipinski definition) is 2. The molecular weight excluding hydrogens is 429 g/mol. The van der Waals surface area contributed by atoms with Gasteiger partial charge in [0.1, 0.15) is 12.1 Å². The standard InChI is InChI=1S/C17H17F7N2O4/c1-9(25-14(29)15(18,19)16(20,21)17(22,23)24)12(27)26-11(13(28)30-2)8-10-6-4-3-5-7-10/h3-7,9,11H,8H2,1-2H3,(H,25,29)(H,26,27). The van der Waals surface area contributed by atoms with Gasteiger partial charge in [0.15, 0.2) is 0 Å². The molecule has 0 aliphatic rings. The molecule has 0 spiro atoms. The van der Waals surface area contributed by atoms with Crippen LogP contribution in [0.5, 0.6) is 0 Å². The Morgan fingerprint density at radius 3 is 1.97 bits per heavy atom. The quantitative estimate of drug-likeness (QED) is 0.474. The Morgan fingerprint density at radius 1 is 0.967 bits per heavy atom. The molecule has 2 N–H and O–H groups in total. The topological polar surface area (TPSA) is 84.5 Å². The number of halogens is 7. The lowest BCUT2D eigenvalue weighted by Gasteiger charge is -2.28. The van der Waals surface area contributed by atoms with Gasteiger partial charge < -0.3 is 15.4 Å². The van der Waals surface area contributed by atoms with Crippen molar-refractivity contribution >= 4 is 17.8 Å². The highest BCUT2D eigenvalue weighted by Gasteiger charge is 2.76.